The fourth-order valence-electron chi connectivity index (χ4n) is 3.89. The first-order valence-electron chi connectivity index (χ1n) is 10.7. The highest BCUT2D eigenvalue weighted by molar-refractivity contribution is 7.99. The first kappa shape index (κ1) is 22.2. The summed E-state index contributed by atoms with van der Waals surface area (Å²) in [4.78, 5) is 41.8. The second kappa shape index (κ2) is 9.24. The molecule has 3 amide bonds. The van der Waals surface area contributed by atoms with Crippen molar-refractivity contribution in [3.05, 3.63) is 53.6 Å². The number of carbonyl (C=O) groups is 3. The lowest BCUT2D eigenvalue weighted by Gasteiger charge is -2.33. The molecule has 2 aromatic rings. The molecule has 2 aliphatic heterocycles. The van der Waals surface area contributed by atoms with Crippen molar-refractivity contribution in [1.82, 2.24) is 4.90 Å². The smallest absolute Gasteiger partial charge is 0.267 e. The molecule has 2 unspecified atom stereocenters. The van der Waals surface area contributed by atoms with Crippen molar-refractivity contribution in [2.45, 2.75) is 39.3 Å². The monoisotopic (exact) mass is 453 g/mol. The van der Waals surface area contributed by atoms with Gasteiger partial charge in [-0.15, -0.1) is 11.8 Å². The summed E-state index contributed by atoms with van der Waals surface area (Å²) >= 11 is 1.56. The van der Waals surface area contributed by atoms with E-state index in [0.717, 1.165) is 16.8 Å². The maximum atomic E-state index is 13.0. The van der Waals surface area contributed by atoms with Crippen molar-refractivity contribution in [2.24, 2.45) is 0 Å². The number of hydrogen-bond acceptors (Lipinski definition) is 5. The number of rotatable bonds is 5. The van der Waals surface area contributed by atoms with Crippen molar-refractivity contribution in [1.29, 1.82) is 0 Å². The molecule has 2 heterocycles. The zero-order chi connectivity index (χ0) is 22.8. The van der Waals surface area contributed by atoms with Crippen molar-refractivity contribution in [2.75, 3.05) is 28.4 Å². The van der Waals surface area contributed by atoms with Crippen molar-refractivity contribution >= 4 is 40.9 Å². The average Bonchev–Trinajstić information content (AvgIpc) is 3.27. The fourth-order valence-corrected chi connectivity index (χ4v) is 5.07. The van der Waals surface area contributed by atoms with E-state index in [4.69, 9.17) is 4.74 Å². The number of para-hydroxylation sites is 2. The Labute approximate surface area is 192 Å². The third-order valence-corrected chi connectivity index (χ3v) is 6.91. The van der Waals surface area contributed by atoms with Crippen LogP contribution in [-0.4, -0.2) is 52.9 Å². The summed E-state index contributed by atoms with van der Waals surface area (Å²) in [5, 5.41) is 2.94. The van der Waals surface area contributed by atoms with Crippen molar-refractivity contribution in [3.8, 4) is 5.75 Å². The third-order valence-electron chi connectivity index (χ3n) is 5.90. The van der Waals surface area contributed by atoms with Crippen LogP contribution in [0.3, 0.4) is 0 Å². The van der Waals surface area contributed by atoms with E-state index >= 15 is 0 Å². The summed E-state index contributed by atoms with van der Waals surface area (Å²) < 4.78 is 5.66. The van der Waals surface area contributed by atoms with Gasteiger partial charge in [0.25, 0.3) is 5.91 Å². The topological polar surface area (TPSA) is 79.0 Å². The summed E-state index contributed by atoms with van der Waals surface area (Å²) in [5.41, 5.74) is 3.65. The minimum atomic E-state index is -0.598. The molecule has 7 nitrogen and oxygen atoms in total. The molecule has 2 atom stereocenters. The average molecular weight is 454 g/mol. The van der Waals surface area contributed by atoms with Crippen molar-refractivity contribution in [3.63, 3.8) is 0 Å². The number of nitrogens with zero attached hydrogens (tertiary/aromatic N) is 2. The first-order chi connectivity index (χ1) is 15.3. The number of nitrogens with one attached hydrogen (secondary N) is 1. The van der Waals surface area contributed by atoms with Gasteiger partial charge in [0.05, 0.1) is 11.6 Å². The molecule has 168 valence electrons. The van der Waals surface area contributed by atoms with Gasteiger partial charge in [0.15, 0.2) is 6.10 Å². The van der Waals surface area contributed by atoms with Gasteiger partial charge < -0.3 is 19.9 Å². The van der Waals surface area contributed by atoms with Gasteiger partial charge in [-0.05, 0) is 56.2 Å². The first-order valence-corrected chi connectivity index (χ1v) is 11.8. The van der Waals surface area contributed by atoms with Crippen LogP contribution in [0.1, 0.15) is 24.5 Å². The van der Waals surface area contributed by atoms with Gasteiger partial charge in [-0.25, -0.2) is 0 Å². The molecule has 1 N–H and O–H groups in total. The molecule has 0 bridgehead atoms. The Morgan fingerprint density at radius 2 is 1.94 bits per heavy atom. The van der Waals surface area contributed by atoms with Crippen LogP contribution in [0.5, 0.6) is 5.75 Å². The van der Waals surface area contributed by atoms with E-state index < -0.39 is 12.1 Å². The summed E-state index contributed by atoms with van der Waals surface area (Å²) in [6.07, 6.45) is -0.459. The van der Waals surface area contributed by atoms with Gasteiger partial charge in [0.2, 0.25) is 11.8 Å². The quantitative estimate of drug-likeness (QED) is 0.751. The molecule has 0 aliphatic carbocycles. The Bertz CT molecular complexity index is 1060. The number of thioether (sulfide) groups is 1. The lowest BCUT2D eigenvalue weighted by molar-refractivity contribution is -0.136. The van der Waals surface area contributed by atoms with Gasteiger partial charge in [-0.3, -0.25) is 14.4 Å². The molecular weight excluding hydrogens is 426 g/mol. The molecular formula is C24H27N3O4S. The van der Waals surface area contributed by atoms with Crippen LogP contribution in [0.4, 0.5) is 11.4 Å². The van der Waals surface area contributed by atoms with E-state index in [1.54, 1.807) is 28.5 Å². The van der Waals surface area contributed by atoms with Crippen LogP contribution in [0, 0.1) is 13.8 Å². The normalized spacial score (nSPS) is 20.0. The van der Waals surface area contributed by atoms with Crippen LogP contribution >= 0.6 is 11.8 Å². The maximum absolute atomic E-state index is 13.0. The zero-order valence-corrected chi connectivity index (χ0v) is 19.3. The van der Waals surface area contributed by atoms with E-state index in [9.17, 15) is 14.4 Å². The lowest BCUT2D eigenvalue weighted by Crippen LogP contribution is -2.48. The second-order valence-corrected chi connectivity index (χ2v) is 9.13. The van der Waals surface area contributed by atoms with Gasteiger partial charge in [0, 0.05) is 24.4 Å². The van der Waals surface area contributed by atoms with Crippen LogP contribution < -0.4 is 15.0 Å². The van der Waals surface area contributed by atoms with Crippen LogP contribution in [0.2, 0.25) is 0 Å². The number of amides is 3. The number of hydrogen-bond donors (Lipinski definition) is 1. The predicted molar refractivity (Wildman–Crippen MR) is 126 cm³/mol. The summed E-state index contributed by atoms with van der Waals surface area (Å²) in [5.74, 6) is 1.16. The fraction of sp³-hybridized carbons (Fsp3) is 0.375. The number of aryl methyl sites for hydroxylation is 2. The van der Waals surface area contributed by atoms with Crippen LogP contribution in [-0.2, 0) is 14.4 Å². The standard InChI is InChI=1S/C24H27N3O4S/c1-15-8-9-18(12-16(15)2)25-23(29)20-13-32-14-27(20)22(28)10-11-26-19-6-4-5-7-21(19)31-17(3)24(26)30/h4-9,12,17,20H,10-11,13-14H2,1-3H3,(H,25,29). The number of fused-ring (bicyclic) bond motifs is 1. The largest absolute Gasteiger partial charge is 0.479 e. The highest BCUT2D eigenvalue weighted by atomic mass is 32.2. The van der Waals surface area contributed by atoms with E-state index in [1.165, 1.54) is 0 Å². The molecule has 8 heteroatoms. The molecule has 0 spiro atoms. The predicted octanol–water partition coefficient (Wildman–Crippen LogP) is 3.35. The zero-order valence-electron chi connectivity index (χ0n) is 18.5. The second-order valence-electron chi connectivity index (χ2n) is 8.14. The molecule has 2 aromatic carbocycles. The van der Waals surface area contributed by atoms with E-state index in [0.29, 0.717) is 23.1 Å². The molecule has 1 saturated heterocycles. The van der Waals surface area contributed by atoms with Crippen molar-refractivity contribution < 1.29 is 19.1 Å². The molecule has 4 rings (SSSR count). The van der Waals surface area contributed by atoms with E-state index in [-0.39, 0.29) is 30.7 Å². The summed E-state index contributed by atoms with van der Waals surface area (Å²) in [7, 11) is 0. The molecule has 0 saturated carbocycles. The molecule has 0 radical (unpaired) electrons. The Hall–Kier alpha value is -3.00. The van der Waals surface area contributed by atoms with Gasteiger partial charge in [-0.2, -0.15) is 0 Å². The minimum Gasteiger partial charge on any atom is -0.479 e. The van der Waals surface area contributed by atoms with E-state index in [2.05, 4.69) is 5.32 Å². The Balaban J connectivity index is 1.41. The number of carbonyl (C=O) groups excluding carboxylic acids is 3. The van der Waals surface area contributed by atoms with Crippen LogP contribution in [0.15, 0.2) is 42.5 Å². The highest BCUT2D eigenvalue weighted by Gasteiger charge is 2.36. The van der Waals surface area contributed by atoms with Gasteiger partial charge in [-0.1, -0.05) is 18.2 Å². The molecule has 0 aromatic heterocycles. The lowest BCUT2D eigenvalue weighted by atomic mass is 10.1. The molecule has 2 aliphatic rings. The Kier molecular flexibility index (Phi) is 6.41. The Morgan fingerprint density at radius 1 is 1.16 bits per heavy atom. The van der Waals surface area contributed by atoms with Crippen LogP contribution in [0.25, 0.3) is 0 Å². The summed E-state index contributed by atoms with van der Waals surface area (Å²) in [6, 6.07) is 12.6. The summed E-state index contributed by atoms with van der Waals surface area (Å²) in [6.45, 7) is 5.97. The highest BCUT2D eigenvalue weighted by Crippen LogP contribution is 2.34. The van der Waals surface area contributed by atoms with E-state index in [1.807, 2.05) is 56.3 Å². The number of ether oxygens (including phenoxy) is 1. The third kappa shape index (κ3) is 4.46. The maximum Gasteiger partial charge on any atom is 0.267 e. The Morgan fingerprint density at radius 3 is 2.72 bits per heavy atom. The number of anilines is 2. The van der Waals surface area contributed by atoms with Gasteiger partial charge in [0.1, 0.15) is 11.8 Å². The SMILES string of the molecule is Cc1ccc(NC(=O)C2CSCN2C(=O)CCN2C(=O)C(C)Oc3ccccc32)cc1C. The van der Waals surface area contributed by atoms with Gasteiger partial charge >= 0.3 is 0 Å². The number of benzene rings is 2. The molecule has 1 fully saturated rings. The molecule has 32 heavy (non-hydrogen) atoms. The minimum absolute atomic E-state index is 0.139.